The van der Waals surface area contributed by atoms with Crippen LogP contribution in [0.4, 0.5) is 0 Å². The number of rotatable bonds is 21. The van der Waals surface area contributed by atoms with Crippen LogP contribution < -0.4 is 0 Å². The average Bonchev–Trinajstić information content (AvgIpc) is 2.70. The zero-order valence-electron chi connectivity index (χ0n) is 19.8. The van der Waals surface area contributed by atoms with Crippen LogP contribution >= 0.6 is 0 Å². The Hall–Kier alpha value is -1.36. The number of esters is 2. The van der Waals surface area contributed by atoms with E-state index in [-0.39, 0.29) is 19.2 Å². The number of carbonyl (C=O) groups is 2. The van der Waals surface area contributed by atoms with Crippen LogP contribution in [-0.2, 0) is 23.8 Å². The molecular weight excluding hydrogens is 380 g/mol. The number of hydrogen-bond donors (Lipinski definition) is 0. The van der Waals surface area contributed by atoms with Crippen molar-refractivity contribution in [3.05, 3.63) is 12.2 Å². The van der Waals surface area contributed by atoms with Crippen LogP contribution in [0.3, 0.4) is 0 Å². The first-order chi connectivity index (χ1) is 14.6. The summed E-state index contributed by atoms with van der Waals surface area (Å²) in [5.74, 6) is -0.784. The van der Waals surface area contributed by atoms with Gasteiger partial charge in [0, 0.05) is 20.5 Å². The summed E-state index contributed by atoms with van der Waals surface area (Å²) < 4.78 is 15.5. The summed E-state index contributed by atoms with van der Waals surface area (Å²) >= 11 is 0. The molecule has 5 heteroatoms. The van der Waals surface area contributed by atoms with Crippen molar-refractivity contribution < 1.29 is 23.8 Å². The molecule has 0 heterocycles. The van der Waals surface area contributed by atoms with Gasteiger partial charge in [0.15, 0.2) is 6.10 Å². The van der Waals surface area contributed by atoms with Gasteiger partial charge in [-0.2, -0.15) is 0 Å². The Bertz CT molecular complexity index is 433. The molecule has 5 nitrogen and oxygen atoms in total. The standard InChI is InChI=1S/C25H46O5/c1-4-5-6-7-8-9-10-11-12-13-14-15-16-17-18-19-20-28-21-25(30-24(3)27)22-29-23(2)26/h11-12,25H,4-10,13-22H2,1-3H3/b12-11+/t25-/m1/s1. The van der Waals surface area contributed by atoms with Gasteiger partial charge >= 0.3 is 11.9 Å². The fraction of sp³-hybridized carbons (Fsp3) is 0.840. The van der Waals surface area contributed by atoms with Crippen molar-refractivity contribution in [1.82, 2.24) is 0 Å². The van der Waals surface area contributed by atoms with Crippen LogP contribution in [0.15, 0.2) is 12.2 Å². The molecule has 0 fully saturated rings. The van der Waals surface area contributed by atoms with Crippen LogP contribution in [0.5, 0.6) is 0 Å². The van der Waals surface area contributed by atoms with E-state index in [0.29, 0.717) is 6.61 Å². The SMILES string of the molecule is CCCCCCCC/C=C/CCCCCCCCOC[C@H](COC(C)=O)OC(C)=O. The van der Waals surface area contributed by atoms with Gasteiger partial charge in [0.05, 0.1) is 6.61 Å². The first kappa shape index (κ1) is 28.6. The van der Waals surface area contributed by atoms with Gasteiger partial charge in [-0.3, -0.25) is 9.59 Å². The highest BCUT2D eigenvalue weighted by molar-refractivity contribution is 5.67. The van der Waals surface area contributed by atoms with Crippen LogP contribution in [-0.4, -0.2) is 37.9 Å². The molecule has 0 spiro atoms. The molecule has 176 valence electrons. The van der Waals surface area contributed by atoms with Gasteiger partial charge in [0.1, 0.15) is 6.61 Å². The van der Waals surface area contributed by atoms with Crippen LogP contribution in [0.25, 0.3) is 0 Å². The van der Waals surface area contributed by atoms with Crippen molar-refractivity contribution in [2.75, 3.05) is 19.8 Å². The van der Waals surface area contributed by atoms with Crippen molar-refractivity contribution >= 4 is 11.9 Å². The minimum absolute atomic E-state index is 0.0440. The predicted octanol–water partition coefficient (Wildman–Crippen LogP) is 6.54. The quantitative estimate of drug-likeness (QED) is 0.118. The molecule has 0 aliphatic rings. The van der Waals surface area contributed by atoms with Gasteiger partial charge in [-0.1, -0.05) is 76.9 Å². The summed E-state index contributed by atoms with van der Waals surface area (Å²) in [6, 6.07) is 0. The summed E-state index contributed by atoms with van der Waals surface area (Å²) in [6.07, 6.45) is 22.1. The molecule has 0 saturated heterocycles. The van der Waals surface area contributed by atoms with Crippen LogP contribution in [0.2, 0.25) is 0 Å². The molecule has 1 atom stereocenters. The first-order valence-electron chi connectivity index (χ1n) is 12.1. The Balaban J connectivity index is 3.41. The molecule has 0 saturated carbocycles. The maximum absolute atomic E-state index is 11.1. The third kappa shape index (κ3) is 22.9. The third-order valence-electron chi connectivity index (χ3n) is 4.91. The van der Waals surface area contributed by atoms with Crippen molar-refractivity contribution in [3.8, 4) is 0 Å². The Kier molecular flexibility index (Phi) is 21.3. The predicted molar refractivity (Wildman–Crippen MR) is 122 cm³/mol. The van der Waals surface area contributed by atoms with Crippen molar-refractivity contribution in [3.63, 3.8) is 0 Å². The third-order valence-corrected chi connectivity index (χ3v) is 4.91. The Morgan fingerprint density at radius 1 is 0.700 bits per heavy atom. The van der Waals surface area contributed by atoms with E-state index in [9.17, 15) is 9.59 Å². The van der Waals surface area contributed by atoms with E-state index in [1.165, 1.54) is 90.9 Å². The number of unbranched alkanes of at least 4 members (excludes halogenated alkanes) is 12. The lowest BCUT2D eigenvalue weighted by molar-refractivity contribution is -0.159. The Morgan fingerprint density at radius 2 is 1.23 bits per heavy atom. The normalized spacial score (nSPS) is 12.2. The van der Waals surface area contributed by atoms with Crippen LogP contribution in [0.1, 0.15) is 111 Å². The topological polar surface area (TPSA) is 61.8 Å². The molecule has 0 unspecified atom stereocenters. The lowest BCUT2D eigenvalue weighted by Crippen LogP contribution is -2.28. The molecule has 0 aliphatic carbocycles. The van der Waals surface area contributed by atoms with Gasteiger partial charge in [-0.05, 0) is 32.1 Å². The minimum atomic E-state index is -0.527. The van der Waals surface area contributed by atoms with Gasteiger partial charge in [0.25, 0.3) is 0 Å². The number of hydrogen-bond acceptors (Lipinski definition) is 5. The molecule has 30 heavy (non-hydrogen) atoms. The maximum Gasteiger partial charge on any atom is 0.303 e. The van der Waals surface area contributed by atoms with E-state index in [1.54, 1.807) is 0 Å². The van der Waals surface area contributed by atoms with Gasteiger partial charge < -0.3 is 14.2 Å². The van der Waals surface area contributed by atoms with E-state index < -0.39 is 12.1 Å². The highest BCUT2D eigenvalue weighted by Gasteiger charge is 2.14. The fourth-order valence-corrected chi connectivity index (χ4v) is 3.23. The highest BCUT2D eigenvalue weighted by Crippen LogP contribution is 2.10. The summed E-state index contributed by atoms with van der Waals surface area (Å²) in [4.78, 5) is 21.9. The Labute approximate surface area is 184 Å². The number of allylic oxidation sites excluding steroid dienone is 2. The van der Waals surface area contributed by atoms with E-state index in [1.807, 2.05) is 0 Å². The van der Waals surface area contributed by atoms with Gasteiger partial charge in [0.2, 0.25) is 0 Å². The maximum atomic E-state index is 11.1. The van der Waals surface area contributed by atoms with E-state index in [2.05, 4.69) is 19.1 Å². The molecule has 0 rings (SSSR count). The van der Waals surface area contributed by atoms with E-state index in [0.717, 1.165) is 12.8 Å². The lowest BCUT2D eigenvalue weighted by atomic mass is 10.1. The summed E-state index contributed by atoms with van der Waals surface area (Å²) in [5.41, 5.74) is 0. The number of carbonyl (C=O) groups excluding carboxylic acids is 2. The second-order valence-electron chi connectivity index (χ2n) is 8.05. The summed E-state index contributed by atoms with van der Waals surface area (Å²) in [6.45, 7) is 5.88. The smallest absolute Gasteiger partial charge is 0.303 e. The molecule has 0 aromatic carbocycles. The molecule has 0 bridgehead atoms. The summed E-state index contributed by atoms with van der Waals surface area (Å²) in [5, 5.41) is 0. The molecule has 0 N–H and O–H groups in total. The minimum Gasteiger partial charge on any atom is -0.462 e. The first-order valence-corrected chi connectivity index (χ1v) is 12.1. The van der Waals surface area contributed by atoms with E-state index >= 15 is 0 Å². The van der Waals surface area contributed by atoms with Crippen LogP contribution in [0, 0.1) is 0 Å². The molecule has 0 radical (unpaired) electrons. The fourth-order valence-electron chi connectivity index (χ4n) is 3.23. The Morgan fingerprint density at radius 3 is 1.77 bits per heavy atom. The summed E-state index contributed by atoms with van der Waals surface area (Å²) in [7, 11) is 0. The zero-order valence-corrected chi connectivity index (χ0v) is 19.8. The second kappa shape index (κ2) is 22.3. The number of ether oxygens (including phenoxy) is 3. The van der Waals surface area contributed by atoms with Crippen molar-refractivity contribution in [2.24, 2.45) is 0 Å². The molecular formula is C25H46O5. The zero-order chi connectivity index (χ0) is 22.3. The molecule has 0 aromatic rings. The van der Waals surface area contributed by atoms with Crippen molar-refractivity contribution in [2.45, 2.75) is 117 Å². The highest BCUT2D eigenvalue weighted by atomic mass is 16.6. The van der Waals surface area contributed by atoms with E-state index in [4.69, 9.17) is 14.2 Å². The molecule has 0 aromatic heterocycles. The largest absolute Gasteiger partial charge is 0.462 e. The second-order valence-corrected chi connectivity index (χ2v) is 8.05. The van der Waals surface area contributed by atoms with Gasteiger partial charge in [-0.15, -0.1) is 0 Å². The monoisotopic (exact) mass is 426 g/mol. The molecule has 0 aliphatic heterocycles. The van der Waals surface area contributed by atoms with Crippen molar-refractivity contribution in [1.29, 1.82) is 0 Å². The van der Waals surface area contributed by atoms with Gasteiger partial charge in [-0.25, -0.2) is 0 Å². The lowest BCUT2D eigenvalue weighted by Gasteiger charge is -2.16. The molecule has 0 amide bonds. The average molecular weight is 427 g/mol.